The molecule has 10 heteroatoms. The van der Waals surface area contributed by atoms with Gasteiger partial charge in [-0.25, -0.2) is 8.42 Å². The van der Waals surface area contributed by atoms with E-state index in [4.69, 9.17) is 16.3 Å². The molecule has 1 aliphatic carbocycles. The molecule has 1 fully saturated rings. The van der Waals surface area contributed by atoms with Gasteiger partial charge in [-0.05, 0) is 66.8 Å². The van der Waals surface area contributed by atoms with Crippen molar-refractivity contribution in [2.75, 3.05) is 17.1 Å². The highest BCUT2D eigenvalue weighted by molar-refractivity contribution is 7.92. The number of carbonyl (C=O) groups excluding carboxylic acids is 2. The second-order valence-corrected chi connectivity index (χ2v) is 12.9. The lowest BCUT2D eigenvalue weighted by Gasteiger charge is -2.33. The van der Waals surface area contributed by atoms with Crippen molar-refractivity contribution in [2.45, 2.75) is 64.3 Å². The van der Waals surface area contributed by atoms with Crippen LogP contribution in [-0.2, 0) is 32.8 Å². The van der Waals surface area contributed by atoms with Crippen LogP contribution in [0.2, 0.25) is 5.02 Å². The Labute approximate surface area is 253 Å². The summed E-state index contributed by atoms with van der Waals surface area (Å²) in [6, 6.07) is 22.7. The molecule has 1 N–H and O–H groups in total. The minimum atomic E-state index is -3.84. The highest BCUT2D eigenvalue weighted by Gasteiger charge is 2.33. The van der Waals surface area contributed by atoms with E-state index in [9.17, 15) is 18.0 Å². The van der Waals surface area contributed by atoms with E-state index < -0.39 is 28.5 Å². The first-order chi connectivity index (χ1) is 20.1. The van der Waals surface area contributed by atoms with Crippen molar-refractivity contribution < 1.29 is 22.7 Å². The summed E-state index contributed by atoms with van der Waals surface area (Å²) in [5.41, 5.74) is 2.12. The van der Waals surface area contributed by atoms with Crippen LogP contribution in [0.3, 0.4) is 0 Å². The van der Waals surface area contributed by atoms with Crippen LogP contribution in [0.4, 0.5) is 5.69 Å². The smallest absolute Gasteiger partial charge is 0.244 e. The van der Waals surface area contributed by atoms with Gasteiger partial charge in [0.2, 0.25) is 21.8 Å². The van der Waals surface area contributed by atoms with Crippen molar-refractivity contribution in [3.05, 3.63) is 95.0 Å². The minimum Gasteiger partial charge on any atom is -0.489 e. The number of anilines is 1. The molecule has 2 amide bonds. The zero-order valence-electron chi connectivity index (χ0n) is 24.0. The molecule has 1 aliphatic rings. The molecule has 42 heavy (non-hydrogen) atoms. The number of carbonyl (C=O) groups is 2. The Hall–Kier alpha value is -3.56. The molecule has 8 nitrogen and oxygen atoms in total. The zero-order valence-corrected chi connectivity index (χ0v) is 25.6. The number of nitrogens with zero attached hydrogens (tertiary/aromatic N) is 2. The molecular formula is C32H38ClN3O5S. The van der Waals surface area contributed by atoms with Gasteiger partial charge in [0.05, 0.1) is 11.9 Å². The van der Waals surface area contributed by atoms with Crippen LogP contribution in [-0.4, -0.2) is 50.0 Å². The zero-order chi connectivity index (χ0) is 30.1. The number of hydrogen-bond acceptors (Lipinski definition) is 5. The van der Waals surface area contributed by atoms with Crippen molar-refractivity contribution in [3.8, 4) is 5.75 Å². The number of benzene rings is 3. The van der Waals surface area contributed by atoms with Crippen LogP contribution in [0.25, 0.3) is 0 Å². The van der Waals surface area contributed by atoms with Crippen molar-refractivity contribution >= 4 is 39.1 Å². The molecule has 0 heterocycles. The van der Waals surface area contributed by atoms with Crippen molar-refractivity contribution in [3.63, 3.8) is 0 Å². The lowest BCUT2D eigenvalue weighted by Crippen LogP contribution is -2.53. The largest absolute Gasteiger partial charge is 0.489 e. The second-order valence-electron chi connectivity index (χ2n) is 10.6. The van der Waals surface area contributed by atoms with Gasteiger partial charge < -0.3 is 15.0 Å². The summed E-state index contributed by atoms with van der Waals surface area (Å²) in [5, 5.41) is 3.66. The molecule has 0 radical (unpaired) electrons. The van der Waals surface area contributed by atoms with Gasteiger partial charge >= 0.3 is 0 Å². The van der Waals surface area contributed by atoms with E-state index in [2.05, 4.69) is 5.32 Å². The van der Waals surface area contributed by atoms with E-state index in [1.165, 1.54) is 4.90 Å². The Balaban J connectivity index is 1.54. The molecule has 4 rings (SSSR count). The van der Waals surface area contributed by atoms with Gasteiger partial charge in [0.25, 0.3) is 0 Å². The van der Waals surface area contributed by atoms with Gasteiger partial charge in [0, 0.05) is 17.6 Å². The standard InChI is InChI=1S/C32H38ClN3O5S/c1-3-30(32(38)34-27-11-7-8-12-27)35(21-24-13-15-26(33)16-14-24)31(37)22-36(42(2,39)40)28-17-19-29(20-18-28)41-23-25-9-5-4-6-10-25/h4-6,9-10,13-20,27,30H,3,7-8,11-12,21-23H2,1-2H3,(H,34,38)/t30-/m0/s1. The molecule has 1 atom stereocenters. The van der Waals surface area contributed by atoms with Gasteiger partial charge in [-0.1, -0.05) is 73.8 Å². The Morgan fingerprint density at radius 1 is 0.952 bits per heavy atom. The number of halogens is 1. The monoisotopic (exact) mass is 611 g/mol. The maximum atomic E-state index is 13.9. The van der Waals surface area contributed by atoms with Gasteiger partial charge in [0.1, 0.15) is 24.9 Å². The quantitative estimate of drug-likeness (QED) is 0.273. The van der Waals surface area contributed by atoms with Gasteiger partial charge in [-0.15, -0.1) is 0 Å². The topological polar surface area (TPSA) is 96.0 Å². The maximum absolute atomic E-state index is 13.9. The molecule has 0 spiro atoms. The Morgan fingerprint density at radius 3 is 2.19 bits per heavy atom. The highest BCUT2D eigenvalue weighted by Crippen LogP contribution is 2.24. The number of ether oxygens (including phenoxy) is 1. The molecule has 0 bridgehead atoms. The first kappa shape index (κ1) is 31.4. The Bertz CT molecular complexity index is 1430. The molecule has 0 saturated heterocycles. The summed E-state index contributed by atoms with van der Waals surface area (Å²) in [7, 11) is -3.84. The maximum Gasteiger partial charge on any atom is 0.244 e. The normalized spacial score (nSPS) is 14.3. The van der Waals surface area contributed by atoms with Crippen LogP contribution >= 0.6 is 11.6 Å². The van der Waals surface area contributed by atoms with Gasteiger partial charge in [-0.2, -0.15) is 0 Å². The molecule has 3 aromatic carbocycles. The average Bonchev–Trinajstić information content (AvgIpc) is 3.49. The summed E-state index contributed by atoms with van der Waals surface area (Å²) in [4.78, 5) is 28.8. The third kappa shape index (κ3) is 8.72. The number of amides is 2. The van der Waals surface area contributed by atoms with Crippen LogP contribution in [0.15, 0.2) is 78.9 Å². The lowest BCUT2D eigenvalue weighted by atomic mass is 10.1. The van der Waals surface area contributed by atoms with E-state index >= 15 is 0 Å². The van der Waals surface area contributed by atoms with E-state index in [1.54, 1.807) is 48.5 Å². The Kier molecular flexibility index (Phi) is 10.9. The fraction of sp³-hybridized carbons (Fsp3) is 0.375. The summed E-state index contributed by atoms with van der Waals surface area (Å²) in [6.45, 7) is 1.90. The van der Waals surface area contributed by atoms with Crippen LogP contribution in [0.5, 0.6) is 5.75 Å². The van der Waals surface area contributed by atoms with Crippen molar-refractivity contribution in [2.24, 2.45) is 0 Å². The summed E-state index contributed by atoms with van der Waals surface area (Å²) >= 11 is 6.07. The number of nitrogens with one attached hydrogen (secondary N) is 1. The molecule has 224 valence electrons. The molecule has 0 unspecified atom stereocenters. The number of rotatable bonds is 13. The molecule has 3 aromatic rings. The average molecular weight is 612 g/mol. The number of sulfonamides is 1. The summed E-state index contributed by atoms with van der Waals surface area (Å²) in [5.74, 6) is -0.132. The van der Waals surface area contributed by atoms with Crippen LogP contribution in [0.1, 0.15) is 50.2 Å². The second kappa shape index (κ2) is 14.6. The van der Waals surface area contributed by atoms with E-state index in [-0.39, 0.29) is 18.5 Å². The number of hydrogen-bond donors (Lipinski definition) is 1. The van der Waals surface area contributed by atoms with Gasteiger partial charge in [0.15, 0.2) is 0 Å². The molecular weight excluding hydrogens is 574 g/mol. The lowest BCUT2D eigenvalue weighted by molar-refractivity contribution is -0.140. The van der Waals surface area contributed by atoms with Crippen molar-refractivity contribution in [1.29, 1.82) is 0 Å². The highest BCUT2D eigenvalue weighted by atomic mass is 35.5. The SMILES string of the molecule is CC[C@@H](C(=O)NC1CCCC1)N(Cc1ccc(Cl)cc1)C(=O)CN(c1ccc(OCc2ccccc2)cc1)S(C)(=O)=O. The van der Waals surface area contributed by atoms with Crippen LogP contribution in [0, 0.1) is 0 Å². The van der Waals surface area contributed by atoms with Crippen molar-refractivity contribution in [1.82, 2.24) is 10.2 Å². The Morgan fingerprint density at radius 2 is 1.60 bits per heavy atom. The molecule has 1 saturated carbocycles. The molecule has 0 aromatic heterocycles. The third-order valence-corrected chi connectivity index (χ3v) is 8.80. The van der Waals surface area contributed by atoms with E-state index in [1.807, 2.05) is 37.3 Å². The predicted octanol–water partition coefficient (Wildman–Crippen LogP) is 5.55. The van der Waals surface area contributed by atoms with Crippen LogP contribution < -0.4 is 14.4 Å². The third-order valence-electron chi connectivity index (χ3n) is 7.41. The van der Waals surface area contributed by atoms with E-state index in [0.717, 1.165) is 47.4 Å². The van der Waals surface area contributed by atoms with E-state index in [0.29, 0.717) is 29.5 Å². The fourth-order valence-corrected chi connectivity index (χ4v) is 6.11. The first-order valence-electron chi connectivity index (χ1n) is 14.2. The minimum absolute atomic E-state index is 0.0918. The van der Waals surface area contributed by atoms with Gasteiger partial charge in [-0.3, -0.25) is 13.9 Å². The first-order valence-corrected chi connectivity index (χ1v) is 16.5. The summed E-state index contributed by atoms with van der Waals surface area (Å²) < 4.78 is 32.7. The predicted molar refractivity (Wildman–Crippen MR) is 166 cm³/mol. The fourth-order valence-electron chi connectivity index (χ4n) is 5.14. The molecule has 0 aliphatic heterocycles. The summed E-state index contributed by atoms with van der Waals surface area (Å²) in [6.07, 6.45) is 5.40.